The molecule has 0 radical (unpaired) electrons. The van der Waals surface area contributed by atoms with Gasteiger partial charge in [-0.25, -0.2) is 9.97 Å². The number of amides is 2. The fourth-order valence-corrected chi connectivity index (χ4v) is 6.13. The van der Waals surface area contributed by atoms with Gasteiger partial charge in [0.05, 0.1) is 25.5 Å². The van der Waals surface area contributed by atoms with Crippen LogP contribution in [0.5, 0.6) is 0 Å². The van der Waals surface area contributed by atoms with E-state index in [2.05, 4.69) is 41.0 Å². The number of aromatic nitrogens is 8. The Morgan fingerprint density at radius 1 is 0.659 bits per heavy atom. The van der Waals surface area contributed by atoms with E-state index in [1.807, 2.05) is 70.1 Å². The number of carbonyl (C=O) groups is 2. The fourth-order valence-electron chi connectivity index (χ4n) is 4.54. The zero-order valence-electron chi connectivity index (χ0n) is 23.5. The number of nitrogens with one attached hydrogen (secondary N) is 2. The molecule has 0 saturated carbocycles. The summed E-state index contributed by atoms with van der Waals surface area (Å²) in [6.07, 6.45) is 14.3. The minimum absolute atomic E-state index is 0.141. The molecule has 0 unspecified atom stereocenters. The largest absolute Gasteiger partial charge is 0.306 e. The van der Waals surface area contributed by atoms with Crippen molar-refractivity contribution in [2.75, 3.05) is 10.6 Å². The number of benzene rings is 2. The molecule has 0 aliphatic rings. The number of aryl methyl sites for hydroxylation is 2. The molecule has 222 valence electrons. The van der Waals surface area contributed by atoms with Gasteiger partial charge in [0.25, 0.3) is 0 Å². The van der Waals surface area contributed by atoms with Gasteiger partial charge in [0.1, 0.15) is 10.0 Å². The topological polar surface area (TPSA) is 145 Å². The van der Waals surface area contributed by atoms with Gasteiger partial charge in [0.15, 0.2) is 0 Å². The third kappa shape index (κ3) is 7.85. The number of nitrogens with zero attached hydrogens (tertiary/aromatic N) is 8. The predicted octanol–water partition coefficient (Wildman–Crippen LogP) is 4.69. The molecule has 4 aromatic heterocycles. The molecule has 0 saturated heterocycles. The van der Waals surface area contributed by atoms with Crippen molar-refractivity contribution in [3.05, 3.63) is 107 Å². The van der Waals surface area contributed by atoms with Crippen LogP contribution in [0.2, 0.25) is 0 Å². The summed E-state index contributed by atoms with van der Waals surface area (Å²) in [5, 5.41) is 25.1. The van der Waals surface area contributed by atoms with Gasteiger partial charge < -0.3 is 19.8 Å². The molecular formula is C30H28N10O2S2. The predicted molar refractivity (Wildman–Crippen MR) is 168 cm³/mol. The van der Waals surface area contributed by atoms with Crippen molar-refractivity contribution < 1.29 is 9.59 Å². The normalized spacial score (nSPS) is 11.0. The molecule has 2 N–H and O–H groups in total. The zero-order chi connectivity index (χ0) is 30.1. The van der Waals surface area contributed by atoms with Gasteiger partial charge in [-0.15, -0.1) is 20.4 Å². The van der Waals surface area contributed by atoms with E-state index in [1.165, 1.54) is 22.7 Å². The van der Waals surface area contributed by atoms with Crippen LogP contribution in [0.15, 0.2) is 86.0 Å². The van der Waals surface area contributed by atoms with Crippen molar-refractivity contribution in [2.24, 2.45) is 0 Å². The van der Waals surface area contributed by atoms with E-state index in [1.54, 1.807) is 25.0 Å². The maximum Gasteiger partial charge on any atom is 0.230 e. The average Bonchev–Trinajstić information content (AvgIpc) is 3.84. The van der Waals surface area contributed by atoms with Crippen LogP contribution in [0.1, 0.15) is 34.0 Å². The van der Waals surface area contributed by atoms with Crippen LogP contribution >= 0.6 is 22.7 Å². The van der Waals surface area contributed by atoms with Gasteiger partial charge in [-0.05, 0) is 48.2 Å². The average molecular weight is 625 g/mol. The highest BCUT2D eigenvalue weighted by molar-refractivity contribution is 7.15. The van der Waals surface area contributed by atoms with E-state index in [4.69, 9.17) is 0 Å². The number of unbranched alkanes of at least 4 members (excludes halogenated alkanes) is 1. The molecular weight excluding hydrogens is 597 g/mol. The standard InChI is InChI=1S/C30H28N10O2S2/c41-25(17-21-5-3-7-23(15-21)39-13-11-31-19-39)33-29-37-35-27(43-29)9-1-2-10-28-36-38-30(44-28)34-26(42)18-22-6-4-8-24(16-22)40-14-12-32-20-40/h3-8,11-16,19-20H,1-2,9-10,17-18H2,(H,33,37,41)(H,34,38,42). The lowest BCUT2D eigenvalue weighted by molar-refractivity contribution is -0.116. The summed E-state index contributed by atoms with van der Waals surface area (Å²) in [4.78, 5) is 33.3. The lowest BCUT2D eigenvalue weighted by Gasteiger charge is -2.06. The molecule has 0 fully saturated rings. The summed E-state index contributed by atoms with van der Waals surface area (Å²) in [6.45, 7) is 0. The maximum absolute atomic E-state index is 12.6. The Morgan fingerprint density at radius 3 is 1.57 bits per heavy atom. The lowest BCUT2D eigenvalue weighted by atomic mass is 10.1. The minimum atomic E-state index is -0.141. The highest BCUT2D eigenvalue weighted by Crippen LogP contribution is 2.21. The van der Waals surface area contributed by atoms with Crippen LogP contribution in [0, 0.1) is 0 Å². The molecule has 6 rings (SSSR count). The number of hydrogen-bond acceptors (Lipinski definition) is 10. The van der Waals surface area contributed by atoms with E-state index >= 15 is 0 Å². The van der Waals surface area contributed by atoms with Gasteiger partial charge in [-0.3, -0.25) is 9.59 Å². The van der Waals surface area contributed by atoms with E-state index in [0.717, 1.165) is 58.2 Å². The molecule has 2 aromatic carbocycles. The van der Waals surface area contributed by atoms with Crippen molar-refractivity contribution in [1.29, 1.82) is 0 Å². The molecule has 4 heterocycles. The van der Waals surface area contributed by atoms with E-state index in [-0.39, 0.29) is 24.7 Å². The number of carbonyl (C=O) groups excluding carboxylic acids is 2. The second-order valence-corrected chi connectivity index (χ2v) is 12.1. The Labute approximate surface area is 260 Å². The number of rotatable bonds is 13. The van der Waals surface area contributed by atoms with Crippen LogP contribution in [-0.2, 0) is 35.3 Å². The maximum atomic E-state index is 12.6. The third-order valence-electron chi connectivity index (χ3n) is 6.61. The van der Waals surface area contributed by atoms with Crippen molar-refractivity contribution in [1.82, 2.24) is 39.5 Å². The van der Waals surface area contributed by atoms with Gasteiger partial charge in [0, 0.05) is 49.0 Å². The molecule has 12 nitrogen and oxygen atoms in total. The molecule has 0 aliphatic carbocycles. The van der Waals surface area contributed by atoms with Crippen LogP contribution in [0.4, 0.5) is 10.3 Å². The second kappa shape index (κ2) is 13.9. The fraction of sp³-hybridized carbons (Fsp3) is 0.200. The Bertz CT molecular complexity index is 1700. The number of imidazole rings is 2. The van der Waals surface area contributed by atoms with Crippen molar-refractivity contribution in [2.45, 2.75) is 38.5 Å². The van der Waals surface area contributed by atoms with Crippen LogP contribution < -0.4 is 10.6 Å². The van der Waals surface area contributed by atoms with Gasteiger partial charge >= 0.3 is 0 Å². The third-order valence-corrected chi connectivity index (χ3v) is 8.41. The van der Waals surface area contributed by atoms with Gasteiger partial charge in [-0.1, -0.05) is 46.9 Å². The van der Waals surface area contributed by atoms with E-state index in [9.17, 15) is 9.59 Å². The second-order valence-electron chi connectivity index (χ2n) is 9.94. The molecule has 0 atom stereocenters. The van der Waals surface area contributed by atoms with Crippen LogP contribution in [0.25, 0.3) is 11.4 Å². The lowest BCUT2D eigenvalue weighted by Crippen LogP contribution is -2.14. The molecule has 14 heteroatoms. The Hall–Kier alpha value is -5.08. The Kier molecular flexibility index (Phi) is 9.18. The monoisotopic (exact) mass is 624 g/mol. The number of anilines is 2. The number of hydrogen-bond donors (Lipinski definition) is 2. The summed E-state index contributed by atoms with van der Waals surface area (Å²) >= 11 is 2.77. The molecule has 44 heavy (non-hydrogen) atoms. The van der Waals surface area contributed by atoms with Crippen molar-refractivity contribution >= 4 is 44.8 Å². The van der Waals surface area contributed by atoms with Crippen LogP contribution in [-0.4, -0.2) is 51.3 Å². The minimum Gasteiger partial charge on any atom is -0.306 e. The van der Waals surface area contributed by atoms with E-state index < -0.39 is 0 Å². The van der Waals surface area contributed by atoms with Crippen LogP contribution in [0.3, 0.4) is 0 Å². The van der Waals surface area contributed by atoms with Crippen molar-refractivity contribution in [3.8, 4) is 11.4 Å². The van der Waals surface area contributed by atoms with Gasteiger partial charge in [-0.2, -0.15) is 0 Å². The SMILES string of the molecule is O=C(Cc1cccc(-n2ccnc2)c1)Nc1nnc(CCCCc2nnc(NC(=O)Cc3cccc(-n4ccnc4)c3)s2)s1. The summed E-state index contributed by atoms with van der Waals surface area (Å²) in [6, 6.07) is 15.5. The molecule has 6 aromatic rings. The molecule has 2 amide bonds. The van der Waals surface area contributed by atoms with Gasteiger partial charge in [0.2, 0.25) is 22.1 Å². The molecule has 0 aliphatic heterocycles. The smallest absolute Gasteiger partial charge is 0.230 e. The first-order chi connectivity index (χ1) is 21.6. The highest BCUT2D eigenvalue weighted by Gasteiger charge is 2.12. The van der Waals surface area contributed by atoms with Crippen molar-refractivity contribution in [3.63, 3.8) is 0 Å². The Morgan fingerprint density at radius 2 is 1.14 bits per heavy atom. The first kappa shape index (κ1) is 29.0. The summed E-state index contributed by atoms with van der Waals surface area (Å²) in [5.74, 6) is -0.282. The van der Waals surface area contributed by atoms with E-state index in [0.29, 0.717) is 10.3 Å². The first-order valence-corrected chi connectivity index (χ1v) is 15.6. The summed E-state index contributed by atoms with van der Waals surface area (Å²) < 4.78 is 3.79. The Balaban J connectivity index is 0.909. The summed E-state index contributed by atoms with van der Waals surface area (Å²) in [5.41, 5.74) is 3.69. The molecule has 0 bridgehead atoms. The highest BCUT2D eigenvalue weighted by atomic mass is 32.1. The quantitative estimate of drug-likeness (QED) is 0.176. The zero-order valence-corrected chi connectivity index (χ0v) is 25.2. The first-order valence-electron chi connectivity index (χ1n) is 14.0. The molecule has 0 spiro atoms. The summed E-state index contributed by atoms with van der Waals surface area (Å²) in [7, 11) is 0.